The Kier molecular flexibility index (Phi) is 5.46. The third kappa shape index (κ3) is 4.06. The lowest BCUT2D eigenvalue weighted by atomic mass is 9.88. The van der Waals surface area contributed by atoms with Crippen molar-refractivity contribution in [3.05, 3.63) is 71.7 Å². The number of carbonyl (C=O) groups is 1. The van der Waals surface area contributed by atoms with Crippen molar-refractivity contribution >= 4 is 16.8 Å². The largest absolute Gasteiger partial charge is 0.383 e. The number of fused-ring (bicyclic) bond motifs is 1. The molecular formula is C20H21FN2O2. The van der Waals surface area contributed by atoms with E-state index in [4.69, 9.17) is 4.74 Å². The van der Waals surface area contributed by atoms with Gasteiger partial charge < -0.3 is 15.0 Å². The van der Waals surface area contributed by atoms with E-state index in [0.717, 1.165) is 22.0 Å². The molecule has 0 radical (unpaired) electrons. The van der Waals surface area contributed by atoms with Crippen LogP contribution >= 0.6 is 0 Å². The van der Waals surface area contributed by atoms with E-state index in [9.17, 15) is 9.18 Å². The van der Waals surface area contributed by atoms with Crippen LogP contribution in [0.15, 0.2) is 54.7 Å². The first-order valence-electron chi connectivity index (χ1n) is 8.26. The second kappa shape index (κ2) is 7.94. The average Bonchev–Trinajstić information content (AvgIpc) is 3.04. The summed E-state index contributed by atoms with van der Waals surface area (Å²) in [5.74, 6) is -0.617. The van der Waals surface area contributed by atoms with E-state index in [1.165, 1.54) is 12.1 Å². The third-order valence-corrected chi connectivity index (χ3v) is 4.27. The van der Waals surface area contributed by atoms with Crippen LogP contribution in [0.3, 0.4) is 0 Å². The van der Waals surface area contributed by atoms with Crippen molar-refractivity contribution in [2.45, 2.75) is 12.3 Å². The van der Waals surface area contributed by atoms with Gasteiger partial charge in [0.25, 0.3) is 0 Å². The molecule has 1 amide bonds. The third-order valence-electron chi connectivity index (χ3n) is 4.27. The predicted octanol–water partition coefficient (Wildman–Crippen LogP) is 3.59. The monoisotopic (exact) mass is 340 g/mol. The first-order valence-corrected chi connectivity index (χ1v) is 8.26. The van der Waals surface area contributed by atoms with Crippen LogP contribution in [-0.4, -0.2) is 31.2 Å². The highest BCUT2D eigenvalue weighted by Gasteiger charge is 2.21. The fourth-order valence-electron chi connectivity index (χ4n) is 3.06. The Morgan fingerprint density at radius 1 is 1.24 bits per heavy atom. The SMILES string of the molecule is COCCNC(=O)CC(c1cccc(F)c1)c1c[nH]c2ccccc12. The number of rotatable bonds is 7. The Balaban J connectivity index is 1.93. The molecule has 0 spiro atoms. The van der Waals surface area contributed by atoms with E-state index in [0.29, 0.717) is 13.2 Å². The van der Waals surface area contributed by atoms with Gasteiger partial charge >= 0.3 is 0 Å². The summed E-state index contributed by atoms with van der Waals surface area (Å²) in [5, 5.41) is 3.88. The molecule has 0 aliphatic carbocycles. The quantitative estimate of drug-likeness (QED) is 0.646. The van der Waals surface area contributed by atoms with Crippen molar-refractivity contribution in [2.24, 2.45) is 0 Å². The van der Waals surface area contributed by atoms with E-state index >= 15 is 0 Å². The van der Waals surface area contributed by atoms with Crippen molar-refractivity contribution in [1.82, 2.24) is 10.3 Å². The minimum atomic E-state index is -0.304. The standard InChI is InChI=1S/C20H21FN2O2/c1-25-10-9-22-20(24)12-17(14-5-4-6-15(21)11-14)18-13-23-19-8-3-2-7-16(18)19/h2-8,11,13,17,23H,9-10,12H2,1H3,(H,22,24). The maximum Gasteiger partial charge on any atom is 0.221 e. The van der Waals surface area contributed by atoms with E-state index in [1.807, 2.05) is 36.5 Å². The van der Waals surface area contributed by atoms with E-state index in [-0.39, 0.29) is 24.1 Å². The van der Waals surface area contributed by atoms with E-state index < -0.39 is 0 Å². The highest BCUT2D eigenvalue weighted by molar-refractivity contribution is 5.86. The second-order valence-corrected chi connectivity index (χ2v) is 5.94. The molecule has 1 atom stereocenters. The molecule has 130 valence electrons. The summed E-state index contributed by atoms with van der Waals surface area (Å²) < 4.78 is 18.7. The van der Waals surface area contributed by atoms with Crippen LogP contribution in [0.1, 0.15) is 23.5 Å². The van der Waals surface area contributed by atoms with Crippen LogP contribution in [0.5, 0.6) is 0 Å². The number of amides is 1. The van der Waals surface area contributed by atoms with Gasteiger partial charge in [-0.1, -0.05) is 30.3 Å². The summed E-state index contributed by atoms with van der Waals surface area (Å²) in [4.78, 5) is 15.6. The number of nitrogens with one attached hydrogen (secondary N) is 2. The fourth-order valence-corrected chi connectivity index (χ4v) is 3.06. The molecule has 1 heterocycles. The predicted molar refractivity (Wildman–Crippen MR) is 96.0 cm³/mol. The smallest absolute Gasteiger partial charge is 0.221 e. The molecule has 3 rings (SSSR count). The highest BCUT2D eigenvalue weighted by Crippen LogP contribution is 2.33. The molecule has 0 aliphatic heterocycles. The molecule has 0 aliphatic rings. The number of aromatic nitrogens is 1. The Labute approximate surface area is 146 Å². The molecule has 0 saturated heterocycles. The lowest BCUT2D eigenvalue weighted by molar-refractivity contribution is -0.121. The van der Waals surface area contributed by atoms with E-state index in [2.05, 4.69) is 10.3 Å². The summed E-state index contributed by atoms with van der Waals surface area (Å²) in [5.41, 5.74) is 2.77. The van der Waals surface area contributed by atoms with Crippen LogP contribution in [0.25, 0.3) is 10.9 Å². The summed E-state index contributed by atoms with van der Waals surface area (Å²) in [6.45, 7) is 0.919. The van der Waals surface area contributed by atoms with Crippen LogP contribution in [-0.2, 0) is 9.53 Å². The van der Waals surface area contributed by atoms with Crippen LogP contribution in [0.2, 0.25) is 0 Å². The van der Waals surface area contributed by atoms with Crippen LogP contribution in [0, 0.1) is 5.82 Å². The number of methoxy groups -OCH3 is 1. The lowest BCUT2D eigenvalue weighted by Crippen LogP contribution is -2.28. The number of hydrogen-bond acceptors (Lipinski definition) is 2. The van der Waals surface area contributed by atoms with Crippen molar-refractivity contribution < 1.29 is 13.9 Å². The zero-order chi connectivity index (χ0) is 17.6. The van der Waals surface area contributed by atoms with Gasteiger partial charge in [0.2, 0.25) is 5.91 Å². The van der Waals surface area contributed by atoms with Gasteiger partial charge in [0.05, 0.1) is 6.61 Å². The highest BCUT2D eigenvalue weighted by atomic mass is 19.1. The average molecular weight is 340 g/mol. The molecular weight excluding hydrogens is 319 g/mol. The molecule has 3 aromatic rings. The first kappa shape index (κ1) is 17.2. The lowest BCUT2D eigenvalue weighted by Gasteiger charge is -2.17. The minimum Gasteiger partial charge on any atom is -0.383 e. The molecule has 1 unspecified atom stereocenters. The number of halogens is 1. The van der Waals surface area contributed by atoms with Crippen LogP contribution < -0.4 is 5.32 Å². The zero-order valence-corrected chi connectivity index (χ0v) is 14.1. The van der Waals surface area contributed by atoms with Gasteiger partial charge in [-0.15, -0.1) is 0 Å². The summed E-state index contributed by atoms with van der Waals surface area (Å²) in [6.07, 6.45) is 2.15. The maximum absolute atomic E-state index is 13.7. The Hall–Kier alpha value is -2.66. The van der Waals surface area contributed by atoms with Gasteiger partial charge in [0.15, 0.2) is 0 Å². The zero-order valence-electron chi connectivity index (χ0n) is 14.1. The topological polar surface area (TPSA) is 54.1 Å². The summed E-state index contributed by atoms with van der Waals surface area (Å²) >= 11 is 0. The van der Waals surface area contributed by atoms with Gasteiger partial charge in [-0.3, -0.25) is 4.79 Å². The summed E-state index contributed by atoms with van der Waals surface area (Å²) in [6, 6.07) is 14.4. The molecule has 25 heavy (non-hydrogen) atoms. The normalized spacial score (nSPS) is 12.2. The molecule has 0 saturated carbocycles. The van der Waals surface area contributed by atoms with Crippen molar-refractivity contribution in [3.63, 3.8) is 0 Å². The number of H-pyrrole nitrogens is 1. The number of carbonyl (C=O) groups excluding carboxylic acids is 1. The van der Waals surface area contributed by atoms with Crippen molar-refractivity contribution in [2.75, 3.05) is 20.3 Å². The number of aromatic amines is 1. The van der Waals surface area contributed by atoms with Crippen LogP contribution in [0.4, 0.5) is 4.39 Å². The number of para-hydroxylation sites is 1. The fraction of sp³-hybridized carbons (Fsp3) is 0.250. The van der Waals surface area contributed by atoms with Gasteiger partial charge in [-0.2, -0.15) is 0 Å². The first-order chi connectivity index (χ1) is 12.2. The molecule has 4 nitrogen and oxygen atoms in total. The molecule has 0 fully saturated rings. The minimum absolute atomic E-state index is 0.0865. The Morgan fingerprint density at radius 2 is 2.08 bits per heavy atom. The van der Waals surface area contributed by atoms with Gasteiger partial charge in [-0.05, 0) is 29.3 Å². The number of benzene rings is 2. The molecule has 0 bridgehead atoms. The maximum atomic E-state index is 13.7. The van der Waals surface area contributed by atoms with E-state index in [1.54, 1.807) is 13.2 Å². The van der Waals surface area contributed by atoms with Crippen molar-refractivity contribution in [3.8, 4) is 0 Å². The molecule has 2 N–H and O–H groups in total. The Morgan fingerprint density at radius 3 is 2.88 bits per heavy atom. The number of hydrogen-bond donors (Lipinski definition) is 2. The second-order valence-electron chi connectivity index (χ2n) is 5.94. The van der Waals surface area contributed by atoms with Crippen molar-refractivity contribution in [1.29, 1.82) is 0 Å². The van der Waals surface area contributed by atoms with Gasteiger partial charge in [-0.25, -0.2) is 4.39 Å². The number of ether oxygens (including phenoxy) is 1. The van der Waals surface area contributed by atoms with Gasteiger partial charge in [0, 0.05) is 43.1 Å². The molecule has 2 aromatic carbocycles. The van der Waals surface area contributed by atoms with Gasteiger partial charge in [0.1, 0.15) is 5.82 Å². The molecule has 1 aromatic heterocycles. The molecule has 5 heteroatoms. The summed E-state index contributed by atoms with van der Waals surface area (Å²) in [7, 11) is 1.59. The Bertz CT molecular complexity index is 860.